The maximum absolute atomic E-state index is 10.5. The van der Waals surface area contributed by atoms with Crippen LogP contribution < -0.4 is 16.8 Å². The van der Waals surface area contributed by atoms with Gasteiger partial charge in [0, 0.05) is 11.3 Å². The van der Waals surface area contributed by atoms with Crippen LogP contribution in [0.4, 0.5) is 4.79 Å². The van der Waals surface area contributed by atoms with Crippen molar-refractivity contribution in [1.82, 2.24) is 5.32 Å². The van der Waals surface area contributed by atoms with E-state index in [4.69, 9.17) is 11.5 Å². The van der Waals surface area contributed by atoms with Crippen molar-refractivity contribution in [3.05, 3.63) is 0 Å². The Morgan fingerprint density at radius 1 is 1.20 bits per heavy atom. The van der Waals surface area contributed by atoms with Crippen molar-refractivity contribution < 1.29 is 4.79 Å². The van der Waals surface area contributed by atoms with Crippen molar-refractivity contribution in [2.75, 3.05) is 12.3 Å². The van der Waals surface area contributed by atoms with Crippen LogP contribution >= 0.6 is 11.8 Å². The summed E-state index contributed by atoms with van der Waals surface area (Å²) in [4.78, 5) is 14.5. The van der Waals surface area contributed by atoms with Gasteiger partial charge in [-0.25, -0.2) is 4.79 Å². The minimum atomic E-state index is -0.671. The quantitative estimate of drug-likeness (QED) is 0.329. The zero-order chi connectivity index (χ0) is 15.4. The van der Waals surface area contributed by atoms with Gasteiger partial charge in [-0.2, -0.15) is 11.8 Å². The Kier molecular flexibility index (Phi) is 10.3. The molecule has 0 unspecified atom stereocenters. The summed E-state index contributed by atoms with van der Waals surface area (Å²) in [5, 5.41) is 2.25. The second-order valence-electron chi connectivity index (χ2n) is 5.53. The molecule has 0 bridgehead atoms. The molecule has 0 fully saturated rings. The second-order valence-corrected chi connectivity index (χ2v) is 7.33. The Hall–Kier alpha value is -0.910. The smallest absolute Gasteiger partial charge is 0.318 e. The number of urea groups is 1. The van der Waals surface area contributed by atoms with E-state index < -0.39 is 6.03 Å². The van der Waals surface area contributed by atoms with Crippen molar-refractivity contribution >= 4 is 23.8 Å². The number of amides is 2. The van der Waals surface area contributed by atoms with Crippen LogP contribution in [0, 0.1) is 0 Å². The molecule has 0 atom stereocenters. The van der Waals surface area contributed by atoms with Gasteiger partial charge in [-0.3, -0.25) is 10.3 Å². The Morgan fingerprint density at radius 2 is 1.90 bits per heavy atom. The molecule has 5 N–H and O–H groups in total. The largest absolute Gasteiger partial charge is 0.370 e. The number of thioether (sulfide) groups is 1. The standard InChI is InChI=1S/C14H30N4OS/c1-4-5-6-9-14(2,3)20-11-8-7-10-17-12(15)18-13(16)19/h4-11H2,1-3H3,(H5,15,16,17,18,19). The molecule has 0 aromatic carbocycles. The maximum Gasteiger partial charge on any atom is 0.318 e. The average Bonchev–Trinajstić information content (AvgIpc) is 2.32. The van der Waals surface area contributed by atoms with Gasteiger partial charge < -0.3 is 11.5 Å². The van der Waals surface area contributed by atoms with Crippen LogP contribution in [0.15, 0.2) is 4.99 Å². The number of carbonyl (C=O) groups excluding carboxylic acids is 1. The lowest BCUT2D eigenvalue weighted by Gasteiger charge is -2.23. The highest BCUT2D eigenvalue weighted by Crippen LogP contribution is 2.30. The molecule has 0 rings (SSSR count). The van der Waals surface area contributed by atoms with Crippen molar-refractivity contribution in [1.29, 1.82) is 0 Å². The fourth-order valence-corrected chi connectivity index (χ4v) is 2.99. The van der Waals surface area contributed by atoms with Crippen LogP contribution in [0.25, 0.3) is 0 Å². The van der Waals surface area contributed by atoms with Crippen molar-refractivity contribution in [2.24, 2.45) is 16.5 Å². The van der Waals surface area contributed by atoms with Gasteiger partial charge in [0.15, 0.2) is 5.96 Å². The lowest BCUT2D eigenvalue weighted by molar-refractivity contribution is 0.253. The van der Waals surface area contributed by atoms with E-state index in [1.807, 2.05) is 11.8 Å². The number of nitrogens with one attached hydrogen (secondary N) is 1. The van der Waals surface area contributed by atoms with E-state index in [1.165, 1.54) is 25.7 Å². The monoisotopic (exact) mass is 302 g/mol. The lowest BCUT2D eigenvalue weighted by Crippen LogP contribution is -2.40. The number of rotatable bonds is 10. The molecule has 0 heterocycles. The van der Waals surface area contributed by atoms with Gasteiger partial charge in [-0.15, -0.1) is 0 Å². The second kappa shape index (κ2) is 10.8. The summed E-state index contributed by atoms with van der Waals surface area (Å²) in [7, 11) is 0. The summed E-state index contributed by atoms with van der Waals surface area (Å²) in [5.74, 6) is 1.24. The molecular weight excluding hydrogens is 272 g/mol. The maximum atomic E-state index is 10.5. The first kappa shape index (κ1) is 19.1. The van der Waals surface area contributed by atoms with Crippen LogP contribution in [-0.4, -0.2) is 29.0 Å². The molecular formula is C14H30N4OS. The Bertz CT molecular complexity index is 306. The van der Waals surface area contributed by atoms with E-state index in [9.17, 15) is 4.79 Å². The number of hydrogen-bond donors (Lipinski definition) is 3. The van der Waals surface area contributed by atoms with Gasteiger partial charge in [0.1, 0.15) is 0 Å². The molecule has 0 spiro atoms. The number of guanidine groups is 1. The normalized spacial score (nSPS) is 12.4. The number of nitrogens with two attached hydrogens (primary N) is 2. The summed E-state index contributed by atoms with van der Waals surface area (Å²) in [6.45, 7) is 7.50. The molecule has 0 aliphatic rings. The van der Waals surface area contributed by atoms with Gasteiger partial charge in [0.2, 0.25) is 0 Å². The first-order valence-electron chi connectivity index (χ1n) is 7.37. The fourth-order valence-electron chi connectivity index (χ4n) is 1.80. The van der Waals surface area contributed by atoms with Gasteiger partial charge in [0.05, 0.1) is 0 Å². The van der Waals surface area contributed by atoms with E-state index in [-0.39, 0.29) is 5.96 Å². The number of carbonyl (C=O) groups is 1. The van der Waals surface area contributed by atoms with E-state index in [1.54, 1.807) is 0 Å². The molecule has 0 aliphatic heterocycles. The topological polar surface area (TPSA) is 93.5 Å². The molecule has 0 radical (unpaired) electrons. The fraction of sp³-hybridized carbons (Fsp3) is 0.857. The highest BCUT2D eigenvalue weighted by atomic mass is 32.2. The van der Waals surface area contributed by atoms with Crippen LogP contribution in [0.5, 0.6) is 0 Å². The SMILES string of the molecule is CCCCCC(C)(C)SCCCCN=C(N)NC(N)=O. The van der Waals surface area contributed by atoms with E-state index in [0.29, 0.717) is 11.3 Å². The minimum absolute atomic E-state index is 0.102. The molecule has 0 saturated carbocycles. The average molecular weight is 302 g/mol. The molecule has 118 valence electrons. The van der Waals surface area contributed by atoms with Crippen LogP contribution in [0.1, 0.15) is 59.3 Å². The Labute approximate surface area is 127 Å². The molecule has 20 heavy (non-hydrogen) atoms. The predicted octanol–water partition coefficient (Wildman–Crippen LogP) is 2.84. The van der Waals surface area contributed by atoms with Crippen molar-refractivity contribution in [3.63, 3.8) is 0 Å². The number of aliphatic imine (C=N–C) groups is 1. The summed E-state index contributed by atoms with van der Waals surface area (Å²) in [5.41, 5.74) is 10.4. The first-order chi connectivity index (χ1) is 9.37. The number of nitrogens with zero attached hydrogens (tertiary/aromatic N) is 1. The summed E-state index contributed by atoms with van der Waals surface area (Å²) in [6.07, 6.45) is 7.27. The minimum Gasteiger partial charge on any atom is -0.370 e. The number of hydrogen-bond acceptors (Lipinski definition) is 3. The van der Waals surface area contributed by atoms with Gasteiger partial charge in [0.25, 0.3) is 0 Å². The number of primary amides is 1. The van der Waals surface area contributed by atoms with Gasteiger partial charge in [-0.05, 0) is 25.0 Å². The molecule has 2 amide bonds. The molecule has 0 aromatic rings. The third kappa shape index (κ3) is 12.1. The van der Waals surface area contributed by atoms with E-state index in [2.05, 4.69) is 31.1 Å². The Morgan fingerprint density at radius 3 is 2.50 bits per heavy atom. The molecule has 0 aromatic heterocycles. The van der Waals surface area contributed by atoms with Crippen LogP contribution in [0.3, 0.4) is 0 Å². The summed E-state index contributed by atoms with van der Waals surface area (Å²) < 4.78 is 0.366. The lowest BCUT2D eigenvalue weighted by atomic mass is 10.0. The van der Waals surface area contributed by atoms with Crippen molar-refractivity contribution in [3.8, 4) is 0 Å². The molecule has 0 saturated heterocycles. The zero-order valence-electron chi connectivity index (χ0n) is 13.1. The van der Waals surface area contributed by atoms with Gasteiger partial charge >= 0.3 is 6.03 Å². The third-order valence-corrected chi connectivity index (χ3v) is 4.44. The predicted molar refractivity (Wildman–Crippen MR) is 89.1 cm³/mol. The first-order valence-corrected chi connectivity index (χ1v) is 8.36. The third-order valence-electron chi connectivity index (χ3n) is 2.96. The Balaban J connectivity index is 3.62. The molecule has 0 aliphatic carbocycles. The number of unbranched alkanes of at least 4 members (excludes halogenated alkanes) is 3. The summed E-state index contributed by atoms with van der Waals surface area (Å²) >= 11 is 2.03. The van der Waals surface area contributed by atoms with E-state index >= 15 is 0 Å². The van der Waals surface area contributed by atoms with Crippen LogP contribution in [-0.2, 0) is 0 Å². The van der Waals surface area contributed by atoms with Gasteiger partial charge in [-0.1, -0.05) is 40.0 Å². The zero-order valence-corrected chi connectivity index (χ0v) is 13.9. The van der Waals surface area contributed by atoms with Crippen molar-refractivity contribution in [2.45, 2.75) is 64.0 Å². The highest BCUT2D eigenvalue weighted by Gasteiger charge is 2.16. The highest BCUT2D eigenvalue weighted by molar-refractivity contribution is 8.00. The van der Waals surface area contributed by atoms with Crippen LogP contribution in [0.2, 0.25) is 0 Å². The summed E-state index contributed by atoms with van der Waals surface area (Å²) in [6, 6.07) is -0.671. The van der Waals surface area contributed by atoms with E-state index in [0.717, 1.165) is 18.6 Å². The molecule has 6 heteroatoms. The molecule has 5 nitrogen and oxygen atoms in total.